The molecule has 2 amide bonds. The number of amides is 2. The summed E-state index contributed by atoms with van der Waals surface area (Å²) < 4.78 is 0. The number of carbonyl (C=O) groups is 3. The van der Waals surface area contributed by atoms with Crippen LogP contribution in [0.4, 0.5) is 0 Å². The van der Waals surface area contributed by atoms with Gasteiger partial charge in [-0.15, -0.1) is 0 Å². The number of carboxylic acids is 1. The Bertz CT molecular complexity index is 620. The van der Waals surface area contributed by atoms with E-state index in [2.05, 4.69) is 10.6 Å². The van der Waals surface area contributed by atoms with E-state index in [0.717, 1.165) is 32.1 Å². The summed E-state index contributed by atoms with van der Waals surface area (Å²) in [7, 11) is 1.66. The van der Waals surface area contributed by atoms with E-state index in [0.29, 0.717) is 12.8 Å². The minimum absolute atomic E-state index is 0.104. The third-order valence-electron chi connectivity index (χ3n) is 6.27. The Hall–Kier alpha value is -1.89. The molecule has 1 unspecified atom stereocenters. The molecule has 0 aliphatic heterocycles. The molecule has 0 aromatic rings. The van der Waals surface area contributed by atoms with Crippen molar-refractivity contribution >= 4 is 17.8 Å². The lowest BCUT2D eigenvalue weighted by atomic mass is 9.82. The van der Waals surface area contributed by atoms with E-state index in [1.807, 2.05) is 27.7 Å². The van der Waals surface area contributed by atoms with Gasteiger partial charge in [-0.05, 0) is 52.4 Å². The molecule has 7 heteroatoms. The van der Waals surface area contributed by atoms with E-state index in [1.54, 1.807) is 7.05 Å². The van der Waals surface area contributed by atoms with Crippen molar-refractivity contribution in [3.63, 3.8) is 0 Å². The van der Waals surface area contributed by atoms with Gasteiger partial charge in [0.25, 0.3) is 0 Å². The molecule has 1 aliphatic rings. The lowest BCUT2D eigenvalue weighted by Crippen LogP contribution is -2.63. The molecule has 0 bridgehead atoms. The molecule has 0 spiro atoms. The van der Waals surface area contributed by atoms with E-state index in [1.165, 1.54) is 17.9 Å². The van der Waals surface area contributed by atoms with E-state index in [-0.39, 0.29) is 35.9 Å². The average Bonchev–Trinajstić information content (AvgIpc) is 2.73. The van der Waals surface area contributed by atoms with Gasteiger partial charge in [-0.25, -0.2) is 4.79 Å². The van der Waals surface area contributed by atoms with Gasteiger partial charge in [-0.1, -0.05) is 39.2 Å². The number of rotatable bonds is 11. The highest BCUT2D eigenvalue weighted by atomic mass is 16.4. The maximum absolute atomic E-state index is 13.4. The Kier molecular flexibility index (Phi) is 10.5. The van der Waals surface area contributed by atoms with E-state index >= 15 is 0 Å². The Labute approximate surface area is 181 Å². The Morgan fingerprint density at radius 1 is 1.13 bits per heavy atom. The molecule has 172 valence electrons. The van der Waals surface area contributed by atoms with Gasteiger partial charge >= 0.3 is 5.97 Å². The van der Waals surface area contributed by atoms with Gasteiger partial charge in [-0.3, -0.25) is 9.59 Å². The van der Waals surface area contributed by atoms with Crippen LogP contribution >= 0.6 is 0 Å². The molecule has 7 nitrogen and oxygen atoms in total. The van der Waals surface area contributed by atoms with Crippen molar-refractivity contribution in [2.24, 2.45) is 5.92 Å². The molecular weight excluding hydrogens is 382 g/mol. The predicted molar refractivity (Wildman–Crippen MR) is 119 cm³/mol. The van der Waals surface area contributed by atoms with Crippen LogP contribution in [0.2, 0.25) is 0 Å². The van der Waals surface area contributed by atoms with Gasteiger partial charge in [0, 0.05) is 25.2 Å². The smallest absolute Gasteiger partial charge is 0.331 e. The van der Waals surface area contributed by atoms with Gasteiger partial charge in [0.2, 0.25) is 11.8 Å². The van der Waals surface area contributed by atoms with Gasteiger partial charge in [0.05, 0.1) is 5.54 Å². The maximum Gasteiger partial charge on any atom is 0.331 e. The molecule has 1 aliphatic carbocycles. The van der Waals surface area contributed by atoms with Crippen LogP contribution < -0.4 is 10.6 Å². The van der Waals surface area contributed by atoms with Gasteiger partial charge in [0.15, 0.2) is 0 Å². The van der Waals surface area contributed by atoms with Crippen molar-refractivity contribution in [1.29, 1.82) is 0 Å². The van der Waals surface area contributed by atoms with Crippen LogP contribution in [0.3, 0.4) is 0 Å². The summed E-state index contributed by atoms with van der Waals surface area (Å²) >= 11 is 0. The fourth-order valence-electron chi connectivity index (χ4n) is 4.21. The fourth-order valence-corrected chi connectivity index (χ4v) is 4.21. The molecule has 0 aromatic carbocycles. The normalized spacial score (nSPS) is 17.0. The van der Waals surface area contributed by atoms with Crippen molar-refractivity contribution < 1.29 is 19.5 Å². The molecule has 30 heavy (non-hydrogen) atoms. The molecule has 3 N–H and O–H groups in total. The van der Waals surface area contributed by atoms with Crippen LogP contribution in [-0.2, 0) is 14.4 Å². The number of likely N-dealkylation sites (N-methyl/N-ethyl adjacent to an activating group) is 1. The first-order valence-electron chi connectivity index (χ1n) is 11.3. The van der Waals surface area contributed by atoms with Crippen molar-refractivity contribution in [3.8, 4) is 0 Å². The Morgan fingerprint density at radius 3 is 2.17 bits per heavy atom. The van der Waals surface area contributed by atoms with Gasteiger partial charge in [-0.2, -0.15) is 0 Å². The SMILES string of the molecule is CCC(CC)(NC(C)C)C(=O)NC(C(=O)N(C)C/C=C(\C)C(=O)O)C1CCCCC1. The van der Waals surface area contributed by atoms with Crippen LogP contribution in [0.15, 0.2) is 11.6 Å². The predicted octanol–water partition coefficient (Wildman–Crippen LogP) is 3.10. The van der Waals surface area contributed by atoms with Gasteiger partial charge < -0.3 is 20.6 Å². The van der Waals surface area contributed by atoms with E-state index in [4.69, 9.17) is 5.11 Å². The number of nitrogens with one attached hydrogen (secondary N) is 2. The van der Waals surface area contributed by atoms with Crippen LogP contribution in [0.1, 0.15) is 79.6 Å². The number of carbonyl (C=O) groups excluding carboxylic acids is 2. The molecule has 0 heterocycles. The molecule has 1 rings (SSSR count). The second-order valence-electron chi connectivity index (χ2n) is 8.85. The first kappa shape index (κ1) is 26.1. The van der Waals surface area contributed by atoms with Crippen LogP contribution in [0.25, 0.3) is 0 Å². The first-order chi connectivity index (χ1) is 14.1. The van der Waals surface area contributed by atoms with Gasteiger partial charge in [0.1, 0.15) is 6.04 Å². The van der Waals surface area contributed by atoms with Crippen molar-refractivity contribution in [2.45, 2.75) is 97.2 Å². The zero-order chi connectivity index (χ0) is 22.9. The topological polar surface area (TPSA) is 98.7 Å². The fraction of sp³-hybridized carbons (Fsp3) is 0.783. The zero-order valence-corrected chi connectivity index (χ0v) is 19.6. The molecular formula is C23H41N3O4. The largest absolute Gasteiger partial charge is 0.478 e. The second-order valence-corrected chi connectivity index (χ2v) is 8.85. The van der Waals surface area contributed by atoms with Crippen LogP contribution in [0, 0.1) is 5.92 Å². The maximum atomic E-state index is 13.4. The summed E-state index contributed by atoms with van der Waals surface area (Å²) in [5.41, 5.74) is -0.510. The molecule has 0 saturated heterocycles. The zero-order valence-electron chi connectivity index (χ0n) is 19.6. The summed E-state index contributed by atoms with van der Waals surface area (Å²) in [6.45, 7) is 9.72. The third-order valence-corrected chi connectivity index (χ3v) is 6.27. The summed E-state index contributed by atoms with van der Waals surface area (Å²) in [4.78, 5) is 39.2. The number of hydrogen-bond donors (Lipinski definition) is 3. The highest BCUT2D eigenvalue weighted by molar-refractivity contribution is 5.92. The lowest BCUT2D eigenvalue weighted by molar-refractivity contribution is -0.139. The third kappa shape index (κ3) is 7.11. The monoisotopic (exact) mass is 423 g/mol. The highest BCUT2D eigenvalue weighted by Gasteiger charge is 2.40. The summed E-state index contributed by atoms with van der Waals surface area (Å²) in [6, 6.07) is -0.445. The average molecular weight is 424 g/mol. The number of carboxylic acid groups (broad SMARTS) is 1. The molecule has 0 radical (unpaired) electrons. The van der Waals surface area contributed by atoms with Crippen LogP contribution in [0.5, 0.6) is 0 Å². The molecule has 1 fully saturated rings. The summed E-state index contributed by atoms with van der Waals surface area (Å²) in [5.74, 6) is -1.18. The molecule has 1 atom stereocenters. The minimum Gasteiger partial charge on any atom is -0.478 e. The second kappa shape index (κ2) is 12.1. The first-order valence-corrected chi connectivity index (χ1v) is 11.3. The quantitative estimate of drug-likeness (QED) is 0.444. The van der Waals surface area contributed by atoms with Crippen molar-refractivity contribution in [1.82, 2.24) is 15.5 Å². The van der Waals surface area contributed by atoms with Crippen LogP contribution in [-0.4, -0.2) is 59.0 Å². The van der Waals surface area contributed by atoms with E-state index < -0.39 is 17.6 Å². The Morgan fingerprint density at radius 2 is 1.70 bits per heavy atom. The number of hydrogen-bond acceptors (Lipinski definition) is 4. The lowest BCUT2D eigenvalue weighted by Gasteiger charge is -2.38. The highest BCUT2D eigenvalue weighted by Crippen LogP contribution is 2.28. The molecule has 0 aromatic heterocycles. The van der Waals surface area contributed by atoms with Crippen molar-refractivity contribution in [3.05, 3.63) is 11.6 Å². The standard InChI is InChI=1S/C23H41N3O4/c1-7-23(8-2,25-16(3)4)22(30)24-19(18-12-10-9-11-13-18)20(27)26(6)15-14-17(5)21(28)29/h14,16,18-19,25H,7-13,15H2,1-6H3,(H,24,30)(H,28,29)/b17-14+. The minimum atomic E-state index is -0.997. The van der Waals surface area contributed by atoms with E-state index in [9.17, 15) is 14.4 Å². The van der Waals surface area contributed by atoms with Crippen molar-refractivity contribution in [2.75, 3.05) is 13.6 Å². The Balaban J connectivity index is 3.07. The summed E-state index contributed by atoms with van der Waals surface area (Å²) in [6.07, 6.45) is 7.90. The number of aliphatic carboxylic acids is 1. The number of nitrogens with zero attached hydrogens (tertiary/aromatic N) is 1. The summed E-state index contributed by atoms with van der Waals surface area (Å²) in [5, 5.41) is 15.6. The molecule has 1 saturated carbocycles.